The van der Waals surface area contributed by atoms with Gasteiger partial charge in [-0.25, -0.2) is 4.79 Å². The molecule has 0 fully saturated rings. The summed E-state index contributed by atoms with van der Waals surface area (Å²) in [6.45, 7) is 0.215. The summed E-state index contributed by atoms with van der Waals surface area (Å²) in [7, 11) is 1.28. The molecule has 1 heterocycles. The number of fused-ring (bicyclic) bond motifs is 1. The van der Waals surface area contributed by atoms with Crippen LogP contribution in [-0.2, 0) is 16.1 Å². The molecule has 0 saturated carbocycles. The summed E-state index contributed by atoms with van der Waals surface area (Å²) in [5.74, 6) is -0.973. The average molecular weight is 274 g/mol. The van der Waals surface area contributed by atoms with Crippen LogP contribution in [-0.4, -0.2) is 23.6 Å². The van der Waals surface area contributed by atoms with Crippen LogP contribution in [0.2, 0.25) is 0 Å². The highest BCUT2D eigenvalue weighted by molar-refractivity contribution is 5.95. The molecule has 20 heavy (non-hydrogen) atoms. The van der Waals surface area contributed by atoms with Gasteiger partial charge in [0.15, 0.2) is 0 Å². The number of ether oxygens (including phenoxy) is 1. The zero-order valence-electron chi connectivity index (χ0n) is 11.0. The number of esters is 1. The van der Waals surface area contributed by atoms with E-state index in [9.17, 15) is 14.4 Å². The first-order chi connectivity index (χ1) is 9.52. The molecule has 0 aliphatic rings. The quantitative estimate of drug-likeness (QED) is 0.829. The van der Waals surface area contributed by atoms with Gasteiger partial charge in [-0.1, -0.05) is 6.07 Å². The number of methoxy groups -OCH3 is 1. The van der Waals surface area contributed by atoms with Gasteiger partial charge in [-0.2, -0.15) is 0 Å². The summed E-state index contributed by atoms with van der Waals surface area (Å²) in [6.07, 6.45) is 1.69. The van der Waals surface area contributed by atoms with E-state index in [1.807, 2.05) is 0 Å². The van der Waals surface area contributed by atoms with Crippen LogP contribution in [0.25, 0.3) is 10.8 Å². The third kappa shape index (κ3) is 2.69. The van der Waals surface area contributed by atoms with Crippen LogP contribution in [0.15, 0.2) is 35.3 Å². The molecule has 0 radical (unpaired) electrons. The Morgan fingerprint density at radius 3 is 2.70 bits per heavy atom. The van der Waals surface area contributed by atoms with E-state index >= 15 is 0 Å². The van der Waals surface area contributed by atoms with Crippen molar-refractivity contribution in [3.8, 4) is 0 Å². The normalized spacial score (nSPS) is 10.4. The number of nitrogens with two attached hydrogens (primary N) is 1. The van der Waals surface area contributed by atoms with Crippen molar-refractivity contribution in [1.29, 1.82) is 0 Å². The van der Waals surface area contributed by atoms with Crippen molar-refractivity contribution in [2.45, 2.75) is 13.0 Å². The van der Waals surface area contributed by atoms with Crippen molar-refractivity contribution in [3.05, 3.63) is 46.4 Å². The third-order valence-corrected chi connectivity index (χ3v) is 3.00. The highest BCUT2D eigenvalue weighted by atomic mass is 16.5. The summed E-state index contributed by atoms with van der Waals surface area (Å²) in [5, 5.41) is 1.12. The van der Waals surface area contributed by atoms with E-state index in [-0.39, 0.29) is 18.5 Å². The maximum atomic E-state index is 12.3. The van der Waals surface area contributed by atoms with Crippen LogP contribution in [0.5, 0.6) is 0 Å². The molecule has 0 aliphatic carbocycles. The molecule has 0 aliphatic heterocycles. The highest BCUT2D eigenvalue weighted by Crippen LogP contribution is 2.13. The lowest BCUT2D eigenvalue weighted by atomic mass is 10.1. The van der Waals surface area contributed by atoms with Crippen molar-refractivity contribution in [2.75, 3.05) is 7.11 Å². The average Bonchev–Trinajstić information content (AvgIpc) is 2.45. The first-order valence-electron chi connectivity index (χ1n) is 6.03. The van der Waals surface area contributed by atoms with Gasteiger partial charge in [-0.05, 0) is 23.6 Å². The first-order valence-corrected chi connectivity index (χ1v) is 6.03. The summed E-state index contributed by atoms with van der Waals surface area (Å²) in [5.41, 5.74) is 5.11. The summed E-state index contributed by atoms with van der Waals surface area (Å²) in [6, 6.07) is 6.52. The van der Waals surface area contributed by atoms with Gasteiger partial charge in [0.25, 0.3) is 5.56 Å². The lowest BCUT2D eigenvalue weighted by Crippen LogP contribution is -2.23. The molecule has 2 aromatic rings. The van der Waals surface area contributed by atoms with Crippen LogP contribution in [0, 0.1) is 0 Å². The van der Waals surface area contributed by atoms with Crippen LogP contribution in [0.1, 0.15) is 16.8 Å². The number of amides is 1. The van der Waals surface area contributed by atoms with Crippen molar-refractivity contribution in [1.82, 2.24) is 4.57 Å². The summed E-state index contributed by atoms with van der Waals surface area (Å²) >= 11 is 0. The molecule has 104 valence electrons. The Labute approximate surface area is 114 Å². The van der Waals surface area contributed by atoms with Crippen LogP contribution in [0.3, 0.4) is 0 Å². The predicted octanol–water partition coefficient (Wildman–Crippen LogP) is 0.663. The Bertz CT molecular complexity index is 734. The fourth-order valence-electron chi connectivity index (χ4n) is 1.93. The number of rotatable bonds is 4. The molecular formula is C14H14N2O4. The molecular weight excluding hydrogens is 260 g/mol. The molecule has 1 aromatic heterocycles. The number of aromatic nitrogens is 1. The number of hydrogen-bond donors (Lipinski definition) is 1. The molecule has 0 bridgehead atoms. The van der Waals surface area contributed by atoms with Gasteiger partial charge in [0.2, 0.25) is 5.91 Å². The maximum Gasteiger partial charge on any atom is 0.337 e. The van der Waals surface area contributed by atoms with E-state index in [1.54, 1.807) is 24.4 Å². The molecule has 0 unspecified atom stereocenters. The number of carbonyl (C=O) groups excluding carboxylic acids is 2. The minimum Gasteiger partial charge on any atom is -0.465 e. The van der Waals surface area contributed by atoms with Gasteiger partial charge in [-0.3, -0.25) is 9.59 Å². The van der Waals surface area contributed by atoms with Crippen molar-refractivity contribution in [2.24, 2.45) is 5.73 Å². The number of primary amides is 1. The molecule has 6 nitrogen and oxygen atoms in total. The fraction of sp³-hybridized carbons (Fsp3) is 0.214. The van der Waals surface area contributed by atoms with Gasteiger partial charge in [0.1, 0.15) is 0 Å². The first kappa shape index (κ1) is 13.8. The Hall–Kier alpha value is -2.63. The molecule has 1 amide bonds. The lowest BCUT2D eigenvalue weighted by Gasteiger charge is -2.07. The maximum absolute atomic E-state index is 12.3. The van der Waals surface area contributed by atoms with E-state index in [0.717, 1.165) is 5.39 Å². The van der Waals surface area contributed by atoms with Crippen LogP contribution < -0.4 is 11.3 Å². The number of nitrogens with zero attached hydrogens (tertiary/aromatic N) is 1. The molecule has 2 N–H and O–H groups in total. The molecule has 0 spiro atoms. The predicted molar refractivity (Wildman–Crippen MR) is 73.4 cm³/mol. The van der Waals surface area contributed by atoms with E-state index < -0.39 is 11.9 Å². The lowest BCUT2D eigenvalue weighted by molar-refractivity contribution is -0.118. The largest absolute Gasteiger partial charge is 0.465 e. The smallest absolute Gasteiger partial charge is 0.337 e. The minimum absolute atomic E-state index is 0.0854. The monoisotopic (exact) mass is 274 g/mol. The molecule has 2 rings (SSSR count). The number of aryl methyl sites for hydroxylation is 1. The van der Waals surface area contributed by atoms with E-state index in [0.29, 0.717) is 10.9 Å². The zero-order chi connectivity index (χ0) is 14.7. The molecule has 0 saturated heterocycles. The van der Waals surface area contributed by atoms with Gasteiger partial charge in [0, 0.05) is 24.5 Å². The second-order valence-corrected chi connectivity index (χ2v) is 4.32. The van der Waals surface area contributed by atoms with E-state index in [1.165, 1.54) is 17.7 Å². The van der Waals surface area contributed by atoms with Crippen molar-refractivity contribution in [3.63, 3.8) is 0 Å². The third-order valence-electron chi connectivity index (χ3n) is 3.00. The Morgan fingerprint density at radius 1 is 1.30 bits per heavy atom. The highest BCUT2D eigenvalue weighted by Gasteiger charge is 2.09. The number of hydrogen-bond acceptors (Lipinski definition) is 4. The topological polar surface area (TPSA) is 91.4 Å². The second kappa shape index (κ2) is 5.56. The molecule has 6 heteroatoms. The second-order valence-electron chi connectivity index (χ2n) is 4.32. The van der Waals surface area contributed by atoms with Crippen molar-refractivity contribution >= 4 is 22.6 Å². The van der Waals surface area contributed by atoms with E-state index in [4.69, 9.17) is 5.73 Å². The number of benzene rings is 1. The minimum atomic E-state index is -0.501. The van der Waals surface area contributed by atoms with Gasteiger partial charge >= 0.3 is 5.97 Å². The standard InChI is InChI=1S/C14H14N2O4/c1-20-14(19)10-3-2-9-4-6-16(7-5-12(15)17)13(18)11(9)8-10/h2-4,6,8H,5,7H2,1H3,(H2,15,17). The van der Waals surface area contributed by atoms with Gasteiger partial charge in [0.05, 0.1) is 12.7 Å². The fourth-order valence-corrected chi connectivity index (χ4v) is 1.93. The summed E-state index contributed by atoms with van der Waals surface area (Å²) < 4.78 is 6.02. The number of carbonyl (C=O) groups is 2. The SMILES string of the molecule is COC(=O)c1ccc2ccn(CCC(N)=O)c(=O)c2c1. The van der Waals surface area contributed by atoms with Crippen LogP contribution in [0.4, 0.5) is 0 Å². The Kier molecular flexibility index (Phi) is 3.84. The Balaban J connectivity index is 2.49. The van der Waals surface area contributed by atoms with Crippen LogP contribution >= 0.6 is 0 Å². The van der Waals surface area contributed by atoms with Gasteiger partial charge < -0.3 is 15.0 Å². The summed E-state index contributed by atoms with van der Waals surface area (Å²) in [4.78, 5) is 34.5. The molecule has 1 aromatic carbocycles. The number of pyridine rings is 1. The van der Waals surface area contributed by atoms with E-state index in [2.05, 4.69) is 4.74 Å². The molecule has 0 atom stereocenters. The van der Waals surface area contributed by atoms with Crippen molar-refractivity contribution < 1.29 is 14.3 Å². The van der Waals surface area contributed by atoms with Gasteiger partial charge in [-0.15, -0.1) is 0 Å². The zero-order valence-corrected chi connectivity index (χ0v) is 11.0. The Morgan fingerprint density at radius 2 is 2.05 bits per heavy atom.